The van der Waals surface area contributed by atoms with Crippen LogP contribution in [0.3, 0.4) is 0 Å². The summed E-state index contributed by atoms with van der Waals surface area (Å²) in [5.41, 5.74) is 6.30. The van der Waals surface area contributed by atoms with Gasteiger partial charge in [-0.05, 0) is 41.8 Å². The molecule has 2 N–H and O–H groups in total. The molecule has 0 unspecified atom stereocenters. The van der Waals surface area contributed by atoms with Gasteiger partial charge in [-0.2, -0.15) is 0 Å². The molecule has 3 heterocycles. The molecule has 0 radical (unpaired) electrons. The Kier molecular flexibility index (Phi) is 4.24. The van der Waals surface area contributed by atoms with Gasteiger partial charge in [0.05, 0.1) is 5.52 Å². The predicted molar refractivity (Wildman–Crippen MR) is 104 cm³/mol. The highest BCUT2D eigenvalue weighted by Gasteiger charge is 2.21. The SMILES string of the molecule is C=C(NCc1ccnc(Cl)c1)n1c2c(c3ccc(C)cc31)CNCC2. The average Bonchev–Trinajstić information content (AvgIpc) is 2.93. The molecule has 0 amide bonds. The first-order valence-corrected chi connectivity index (χ1v) is 8.88. The highest BCUT2D eigenvalue weighted by molar-refractivity contribution is 6.29. The van der Waals surface area contributed by atoms with Crippen molar-refractivity contribution in [3.05, 3.63) is 70.6 Å². The van der Waals surface area contributed by atoms with Gasteiger partial charge in [-0.25, -0.2) is 4.98 Å². The number of halogens is 1. The van der Waals surface area contributed by atoms with E-state index in [0.29, 0.717) is 11.7 Å². The summed E-state index contributed by atoms with van der Waals surface area (Å²) < 4.78 is 2.28. The van der Waals surface area contributed by atoms with Crippen LogP contribution in [0.1, 0.15) is 22.4 Å². The lowest BCUT2D eigenvalue weighted by Gasteiger charge is -2.19. The van der Waals surface area contributed by atoms with Gasteiger partial charge in [0.15, 0.2) is 0 Å². The Bertz CT molecular complexity index is 958. The first kappa shape index (κ1) is 16.2. The van der Waals surface area contributed by atoms with E-state index < -0.39 is 0 Å². The van der Waals surface area contributed by atoms with Crippen LogP contribution in [0.15, 0.2) is 43.1 Å². The van der Waals surface area contributed by atoms with Crippen LogP contribution in [-0.4, -0.2) is 16.1 Å². The molecule has 0 aliphatic carbocycles. The van der Waals surface area contributed by atoms with E-state index in [2.05, 4.69) is 51.9 Å². The Balaban J connectivity index is 1.70. The zero-order valence-corrected chi connectivity index (χ0v) is 15.0. The second-order valence-electron chi connectivity index (χ2n) is 6.50. The molecule has 1 aromatic carbocycles. The number of nitrogens with one attached hydrogen (secondary N) is 2. The quantitative estimate of drug-likeness (QED) is 0.700. The molecule has 4 nitrogen and oxygen atoms in total. The number of benzene rings is 1. The number of rotatable bonds is 4. The maximum Gasteiger partial charge on any atom is 0.129 e. The van der Waals surface area contributed by atoms with Crippen molar-refractivity contribution in [1.29, 1.82) is 0 Å². The molecule has 0 spiro atoms. The van der Waals surface area contributed by atoms with Crippen molar-refractivity contribution >= 4 is 28.3 Å². The summed E-state index contributed by atoms with van der Waals surface area (Å²) in [7, 11) is 0. The topological polar surface area (TPSA) is 41.9 Å². The Labute approximate surface area is 152 Å². The number of hydrogen-bond donors (Lipinski definition) is 2. The lowest BCUT2D eigenvalue weighted by Crippen LogP contribution is -2.26. The number of nitrogens with zero attached hydrogens (tertiary/aromatic N) is 2. The van der Waals surface area contributed by atoms with Gasteiger partial charge in [0.2, 0.25) is 0 Å². The molecule has 0 bridgehead atoms. The maximum absolute atomic E-state index is 5.98. The molecule has 3 aromatic rings. The summed E-state index contributed by atoms with van der Waals surface area (Å²) in [6.07, 6.45) is 2.73. The van der Waals surface area contributed by atoms with Gasteiger partial charge in [-0.15, -0.1) is 0 Å². The zero-order valence-electron chi connectivity index (χ0n) is 14.3. The van der Waals surface area contributed by atoms with Gasteiger partial charge >= 0.3 is 0 Å². The van der Waals surface area contributed by atoms with Gasteiger partial charge in [-0.1, -0.05) is 30.3 Å². The van der Waals surface area contributed by atoms with E-state index >= 15 is 0 Å². The highest BCUT2D eigenvalue weighted by Crippen LogP contribution is 2.31. The van der Waals surface area contributed by atoms with Crippen LogP contribution in [0.25, 0.3) is 16.7 Å². The van der Waals surface area contributed by atoms with Crippen LogP contribution in [0.5, 0.6) is 0 Å². The van der Waals surface area contributed by atoms with Crippen LogP contribution < -0.4 is 10.6 Å². The van der Waals surface area contributed by atoms with E-state index in [9.17, 15) is 0 Å². The summed E-state index contributed by atoms with van der Waals surface area (Å²) in [6, 6.07) is 10.5. The minimum Gasteiger partial charge on any atom is -0.368 e. The van der Waals surface area contributed by atoms with Crippen molar-refractivity contribution in [3.63, 3.8) is 0 Å². The summed E-state index contributed by atoms with van der Waals surface area (Å²) in [6.45, 7) is 9.01. The van der Waals surface area contributed by atoms with Crippen molar-refractivity contribution in [2.75, 3.05) is 6.54 Å². The number of hydrogen-bond acceptors (Lipinski definition) is 3. The fourth-order valence-corrected chi connectivity index (χ4v) is 3.74. The summed E-state index contributed by atoms with van der Waals surface area (Å²) >= 11 is 5.98. The van der Waals surface area contributed by atoms with E-state index in [1.807, 2.05) is 12.1 Å². The van der Waals surface area contributed by atoms with Crippen LogP contribution in [-0.2, 0) is 19.5 Å². The highest BCUT2D eigenvalue weighted by atomic mass is 35.5. The van der Waals surface area contributed by atoms with E-state index in [4.69, 9.17) is 11.6 Å². The molecule has 4 rings (SSSR count). The normalized spacial score (nSPS) is 13.7. The second-order valence-corrected chi connectivity index (χ2v) is 6.88. The van der Waals surface area contributed by atoms with Crippen molar-refractivity contribution in [2.45, 2.75) is 26.4 Å². The van der Waals surface area contributed by atoms with Gasteiger partial charge in [-0.3, -0.25) is 0 Å². The minimum atomic E-state index is 0.510. The van der Waals surface area contributed by atoms with Crippen LogP contribution in [0.2, 0.25) is 5.15 Å². The molecule has 25 heavy (non-hydrogen) atoms. The lowest BCUT2D eigenvalue weighted by atomic mass is 10.1. The first-order chi connectivity index (χ1) is 12.1. The Morgan fingerprint density at radius 2 is 2.24 bits per heavy atom. The summed E-state index contributed by atoms with van der Waals surface area (Å²) in [5, 5.41) is 8.75. The standard InChI is InChI=1S/C20H21ClN4/c1-13-3-4-16-17-12-22-7-6-18(17)25(19(16)9-13)14(2)24-11-15-5-8-23-20(21)10-15/h3-5,8-10,22,24H,2,6-7,11-12H2,1H3. The third kappa shape index (κ3) is 3.03. The largest absolute Gasteiger partial charge is 0.368 e. The van der Waals surface area contributed by atoms with Gasteiger partial charge in [0.25, 0.3) is 0 Å². The van der Waals surface area contributed by atoms with Crippen molar-refractivity contribution in [2.24, 2.45) is 0 Å². The van der Waals surface area contributed by atoms with E-state index in [0.717, 1.165) is 30.9 Å². The first-order valence-electron chi connectivity index (χ1n) is 8.50. The van der Waals surface area contributed by atoms with Crippen molar-refractivity contribution in [1.82, 2.24) is 20.2 Å². The molecule has 0 saturated heterocycles. The molecular weight excluding hydrogens is 332 g/mol. The fourth-order valence-electron chi connectivity index (χ4n) is 3.54. The van der Waals surface area contributed by atoms with Gasteiger partial charge in [0.1, 0.15) is 11.0 Å². The second kappa shape index (κ2) is 6.54. The van der Waals surface area contributed by atoms with Crippen molar-refractivity contribution < 1.29 is 0 Å². The molecule has 0 atom stereocenters. The van der Waals surface area contributed by atoms with E-state index in [-0.39, 0.29) is 0 Å². The van der Waals surface area contributed by atoms with E-state index in [1.165, 1.54) is 27.7 Å². The number of aromatic nitrogens is 2. The Hall–Kier alpha value is -2.30. The van der Waals surface area contributed by atoms with Crippen molar-refractivity contribution in [3.8, 4) is 0 Å². The Morgan fingerprint density at radius 3 is 3.08 bits per heavy atom. The smallest absolute Gasteiger partial charge is 0.129 e. The third-order valence-electron chi connectivity index (χ3n) is 4.74. The maximum atomic E-state index is 5.98. The average molecular weight is 353 g/mol. The number of pyridine rings is 1. The van der Waals surface area contributed by atoms with Gasteiger partial charge < -0.3 is 15.2 Å². The fraction of sp³-hybridized carbons (Fsp3) is 0.250. The zero-order chi connectivity index (χ0) is 17.4. The number of fused-ring (bicyclic) bond motifs is 3. The molecular formula is C20H21ClN4. The molecule has 5 heteroatoms. The minimum absolute atomic E-state index is 0.510. The Morgan fingerprint density at radius 1 is 1.36 bits per heavy atom. The number of aryl methyl sites for hydroxylation is 1. The van der Waals surface area contributed by atoms with Crippen LogP contribution in [0.4, 0.5) is 0 Å². The van der Waals surface area contributed by atoms with Crippen LogP contribution >= 0.6 is 11.6 Å². The third-order valence-corrected chi connectivity index (χ3v) is 4.94. The molecule has 128 valence electrons. The molecule has 0 fully saturated rings. The summed E-state index contributed by atoms with van der Waals surface area (Å²) in [4.78, 5) is 4.03. The van der Waals surface area contributed by atoms with Crippen LogP contribution in [0, 0.1) is 6.92 Å². The van der Waals surface area contributed by atoms with E-state index in [1.54, 1.807) is 6.20 Å². The molecule has 0 saturated carbocycles. The predicted octanol–water partition coefficient (Wildman–Crippen LogP) is 3.86. The molecule has 2 aromatic heterocycles. The monoisotopic (exact) mass is 352 g/mol. The van der Waals surface area contributed by atoms with Gasteiger partial charge in [0, 0.05) is 43.3 Å². The summed E-state index contributed by atoms with van der Waals surface area (Å²) in [5.74, 6) is 0.895. The lowest BCUT2D eigenvalue weighted by molar-refractivity contribution is 0.629. The molecule has 1 aliphatic heterocycles. The molecule has 1 aliphatic rings.